The van der Waals surface area contributed by atoms with Crippen LogP contribution in [-0.2, 0) is 16.6 Å². The molecule has 1 aromatic carbocycles. The van der Waals surface area contributed by atoms with E-state index in [0.717, 1.165) is 6.42 Å². The third-order valence-electron chi connectivity index (χ3n) is 3.34. The minimum atomic E-state index is -3.69. The summed E-state index contributed by atoms with van der Waals surface area (Å²) in [5, 5.41) is 2.91. The number of rotatable bonds is 7. The molecule has 0 fully saturated rings. The highest BCUT2D eigenvalue weighted by Crippen LogP contribution is 2.25. The van der Waals surface area contributed by atoms with Crippen LogP contribution < -0.4 is 5.32 Å². The Balaban J connectivity index is 3.41. The molecule has 0 saturated heterocycles. The van der Waals surface area contributed by atoms with E-state index < -0.39 is 15.8 Å². The minimum absolute atomic E-state index is 0.0647. The summed E-state index contributed by atoms with van der Waals surface area (Å²) in [5.41, 5.74) is 0.802. The molecule has 0 bridgehead atoms. The lowest BCUT2D eigenvalue weighted by Crippen LogP contribution is -2.38. The van der Waals surface area contributed by atoms with E-state index >= 15 is 0 Å². The Morgan fingerprint density at radius 2 is 1.95 bits per heavy atom. The van der Waals surface area contributed by atoms with E-state index in [-0.39, 0.29) is 16.5 Å². The van der Waals surface area contributed by atoms with E-state index in [1.807, 2.05) is 20.8 Å². The zero-order valence-electron chi connectivity index (χ0n) is 13.4. The van der Waals surface area contributed by atoms with Crippen molar-refractivity contribution >= 4 is 10.0 Å². The van der Waals surface area contributed by atoms with Crippen molar-refractivity contribution in [1.82, 2.24) is 9.62 Å². The molecule has 6 heteroatoms. The quantitative estimate of drug-likeness (QED) is 0.841. The second-order valence-corrected chi connectivity index (χ2v) is 7.30. The van der Waals surface area contributed by atoms with Gasteiger partial charge in [0.1, 0.15) is 5.82 Å². The fourth-order valence-electron chi connectivity index (χ4n) is 2.28. The fraction of sp³-hybridized carbons (Fsp3) is 0.600. The molecule has 0 unspecified atom stereocenters. The van der Waals surface area contributed by atoms with E-state index in [1.54, 1.807) is 13.1 Å². The topological polar surface area (TPSA) is 49.4 Å². The number of nitrogens with zero attached hydrogens (tertiary/aromatic N) is 1. The predicted octanol–water partition coefficient (Wildman–Crippen LogP) is 2.66. The molecule has 0 saturated carbocycles. The van der Waals surface area contributed by atoms with E-state index in [1.165, 1.54) is 17.3 Å². The molecule has 1 aromatic rings. The van der Waals surface area contributed by atoms with E-state index in [0.29, 0.717) is 18.7 Å². The standard InChI is InChI=1S/C15H25FN2O2S/c1-6-7-18(11(2)3)21(19,20)15-9-13(10-17-5)8-14(16)12(15)4/h8-9,11,17H,6-7,10H2,1-5H3. The Morgan fingerprint density at radius 3 is 2.43 bits per heavy atom. The molecule has 0 aliphatic heterocycles. The van der Waals surface area contributed by atoms with Crippen molar-refractivity contribution in [3.05, 3.63) is 29.1 Å². The number of hydrogen-bond acceptors (Lipinski definition) is 3. The van der Waals surface area contributed by atoms with Crippen LogP contribution in [0.15, 0.2) is 17.0 Å². The number of hydrogen-bond donors (Lipinski definition) is 1. The Hall–Kier alpha value is -0.980. The minimum Gasteiger partial charge on any atom is -0.316 e. The van der Waals surface area contributed by atoms with E-state index in [4.69, 9.17) is 0 Å². The maximum absolute atomic E-state index is 14.0. The Kier molecular flexibility index (Phi) is 6.31. The van der Waals surface area contributed by atoms with Gasteiger partial charge < -0.3 is 5.32 Å². The second-order valence-electron chi connectivity index (χ2n) is 5.44. The molecule has 4 nitrogen and oxygen atoms in total. The molecule has 0 heterocycles. The highest BCUT2D eigenvalue weighted by Gasteiger charge is 2.29. The van der Waals surface area contributed by atoms with Crippen LogP contribution >= 0.6 is 0 Å². The predicted molar refractivity (Wildman–Crippen MR) is 83.2 cm³/mol. The van der Waals surface area contributed by atoms with Gasteiger partial charge in [0, 0.05) is 24.7 Å². The van der Waals surface area contributed by atoms with Crippen molar-refractivity contribution in [3.8, 4) is 0 Å². The summed E-state index contributed by atoms with van der Waals surface area (Å²) < 4.78 is 41.1. The maximum Gasteiger partial charge on any atom is 0.243 e. The van der Waals surface area contributed by atoms with Crippen LogP contribution in [0, 0.1) is 12.7 Å². The molecule has 0 aliphatic carbocycles. The summed E-state index contributed by atoms with van der Waals surface area (Å²) in [7, 11) is -1.95. The van der Waals surface area contributed by atoms with Gasteiger partial charge in [-0.05, 0) is 51.9 Å². The van der Waals surface area contributed by atoms with E-state index in [2.05, 4.69) is 5.32 Å². The average molecular weight is 316 g/mol. The van der Waals surface area contributed by atoms with Crippen molar-refractivity contribution in [2.45, 2.75) is 51.6 Å². The fourth-order valence-corrected chi connectivity index (χ4v) is 4.30. The largest absolute Gasteiger partial charge is 0.316 e. The van der Waals surface area contributed by atoms with E-state index in [9.17, 15) is 12.8 Å². The highest BCUT2D eigenvalue weighted by atomic mass is 32.2. The molecule has 0 atom stereocenters. The van der Waals surface area contributed by atoms with Crippen molar-refractivity contribution in [3.63, 3.8) is 0 Å². The molecular formula is C15H25FN2O2S. The van der Waals surface area contributed by atoms with Crippen molar-refractivity contribution in [1.29, 1.82) is 0 Å². The molecule has 1 rings (SSSR count). The van der Waals surface area contributed by atoms with Gasteiger partial charge in [-0.2, -0.15) is 4.31 Å². The van der Waals surface area contributed by atoms with Gasteiger partial charge in [0.2, 0.25) is 10.0 Å². The van der Waals surface area contributed by atoms with Gasteiger partial charge in [-0.3, -0.25) is 0 Å². The molecule has 21 heavy (non-hydrogen) atoms. The summed E-state index contributed by atoms with van der Waals surface area (Å²) in [6, 6.07) is 2.78. The zero-order chi connectivity index (χ0) is 16.2. The van der Waals surface area contributed by atoms with Gasteiger partial charge in [0.15, 0.2) is 0 Å². The lowest BCUT2D eigenvalue weighted by atomic mass is 10.1. The summed E-state index contributed by atoms with van der Waals surface area (Å²) in [6.07, 6.45) is 0.717. The van der Waals surface area contributed by atoms with Crippen LogP contribution in [-0.4, -0.2) is 32.4 Å². The first-order chi connectivity index (χ1) is 9.75. The number of halogens is 1. The molecule has 0 aromatic heterocycles. The monoisotopic (exact) mass is 316 g/mol. The summed E-state index contributed by atoms with van der Waals surface area (Å²) in [5.74, 6) is -0.485. The lowest BCUT2D eigenvalue weighted by Gasteiger charge is -2.26. The summed E-state index contributed by atoms with van der Waals surface area (Å²) in [6.45, 7) is 7.95. The van der Waals surface area contributed by atoms with Gasteiger partial charge in [-0.15, -0.1) is 0 Å². The van der Waals surface area contributed by atoms with Crippen LogP contribution in [0.3, 0.4) is 0 Å². The molecule has 1 N–H and O–H groups in total. The SMILES string of the molecule is CCCN(C(C)C)S(=O)(=O)c1cc(CNC)cc(F)c1C. The number of nitrogens with one attached hydrogen (secondary N) is 1. The number of benzene rings is 1. The van der Waals surface area contributed by atoms with Gasteiger partial charge in [0.25, 0.3) is 0 Å². The van der Waals surface area contributed by atoms with Gasteiger partial charge >= 0.3 is 0 Å². The van der Waals surface area contributed by atoms with Crippen molar-refractivity contribution < 1.29 is 12.8 Å². The maximum atomic E-state index is 14.0. The van der Waals surface area contributed by atoms with Crippen molar-refractivity contribution in [2.24, 2.45) is 0 Å². The van der Waals surface area contributed by atoms with Crippen LogP contribution in [0.1, 0.15) is 38.3 Å². The first-order valence-corrected chi connectivity index (χ1v) is 8.65. The molecule has 0 radical (unpaired) electrons. The Labute approximate surface area is 127 Å². The zero-order valence-corrected chi connectivity index (χ0v) is 14.2. The molecule has 0 aliphatic rings. The highest BCUT2D eigenvalue weighted by molar-refractivity contribution is 7.89. The Morgan fingerprint density at radius 1 is 1.33 bits per heavy atom. The normalized spacial score (nSPS) is 12.4. The Bertz CT molecular complexity index is 586. The second kappa shape index (κ2) is 7.33. The smallest absolute Gasteiger partial charge is 0.243 e. The molecular weight excluding hydrogens is 291 g/mol. The van der Waals surface area contributed by atoms with Crippen LogP contribution in [0.5, 0.6) is 0 Å². The van der Waals surface area contributed by atoms with Gasteiger partial charge in [-0.1, -0.05) is 6.92 Å². The average Bonchev–Trinajstić information content (AvgIpc) is 2.39. The van der Waals surface area contributed by atoms with Crippen molar-refractivity contribution in [2.75, 3.05) is 13.6 Å². The summed E-state index contributed by atoms with van der Waals surface area (Å²) in [4.78, 5) is 0.0647. The third kappa shape index (κ3) is 4.02. The van der Waals surface area contributed by atoms with Crippen LogP contribution in [0.2, 0.25) is 0 Å². The summed E-state index contributed by atoms with van der Waals surface area (Å²) >= 11 is 0. The van der Waals surface area contributed by atoms with Gasteiger partial charge in [-0.25, -0.2) is 12.8 Å². The number of sulfonamides is 1. The lowest BCUT2D eigenvalue weighted by molar-refractivity contribution is 0.353. The first-order valence-electron chi connectivity index (χ1n) is 7.21. The molecule has 0 amide bonds. The first kappa shape index (κ1) is 18.1. The third-order valence-corrected chi connectivity index (χ3v) is 5.55. The molecule has 120 valence electrons. The van der Waals surface area contributed by atoms with Gasteiger partial charge in [0.05, 0.1) is 4.90 Å². The van der Waals surface area contributed by atoms with Crippen LogP contribution in [0.25, 0.3) is 0 Å². The molecule has 0 spiro atoms. The van der Waals surface area contributed by atoms with Crippen LogP contribution in [0.4, 0.5) is 4.39 Å².